The molecule has 3 rings (SSSR count). The van der Waals surface area contributed by atoms with Crippen molar-refractivity contribution in [3.8, 4) is 0 Å². The highest BCUT2D eigenvalue weighted by Gasteiger charge is 2.42. The lowest BCUT2D eigenvalue weighted by molar-refractivity contribution is 0.133. The van der Waals surface area contributed by atoms with E-state index < -0.39 is 0 Å². The van der Waals surface area contributed by atoms with E-state index in [1.54, 1.807) is 18.5 Å². The van der Waals surface area contributed by atoms with Gasteiger partial charge >= 0.3 is 0 Å². The molecule has 0 spiro atoms. The predicted octanol–water partition coefficient (Wildman–Crippen LogP) is 0.383. The Kier molecular flexibility index (Phi) is 3.02. The minimum absolute atomic E-state index is 0.0926. The number of nitrogens with zero attached hydrogens (tertiary/aromatic N) is 3. The summed E-state index contributed by atoms with van der Waals surface area (Å²) < 4.78 is 0. The Labute approximate surface area is 111 Å². The SMILES string of the molecule is N/C(=N/O)c1ccncc1N1CC2CCC(O)C2C1. The first-order valence-electron chi connectivity index (χ1n) is 6.55. The highest BCUT2D eigenvalue weighted by atomic mass is 16.4. The van der Waals surface area contributed by atoms with Crippen molar-refractivity contribution < 1.29 is 10.3 Å². The third-order valence-corrected chi connectivity index (χ3v) is 4.34. The van der Waals surface area contributed by atoms with Crippen LogP contribution in [0.1, 0.15) is 18.4 Å². The second-order valence-corrected chi connectivity index (χ2v) is 5.35. The van der Waals surface area contributed by atoms with Gasteiger partial charge in [-0.25, -0.2) is 0 Å². The van der Waals surface area contributed by atoms with Gasteiger partial charge in [-0.05, 0) is 24.8 Å². The highest BCUT2D eigenvalue weighted by Crippen LogP contribution is 2.40. The number of nitrogens with two attached hydrogens (primary N) is 1. The predicted molar refractivity (Wildman–Crippen MR) is 71.2 cm³/mol. The van der Waals surface area contributed by atoms with E-state index in [1.807, 2.05) is 0 Å². The molecule has 1 aromatic rings. The van der Waals surface area contributed by atoms with Gasteiger partial charge in [0.2, 0.25) is 0 Å². The Hall–Kier alpha value is -1.82. The maximum Gasteiger partial charge on any atom is 0.172 e. The van der Waals surface area contributed by atoms with Crippen LogP contribution in [-0.2, 0) is 0 Å². The van der Waals surface area contributed by atoms with Crippen LogP contribution in [0, 0.1) is 11.8 Å². The van der Waals surface area contributed by atoms with Gasteiger partial charge in [0.05, 0.1) is 18.0 Å². The summed E-state index contributed by atoms with van der Waals surface area (Å²) >= 11 is 0. The molecule has 0 bridgehead atoms. The van der Waals surface area contributed by atoms with Crippen molar-refractivity contribution >= 4 is 11.5 Å². The maximum atomic E-state index is 9.96. The number of amidine groups is 1. The molecule has 2 heterocycles. The number of rotatable bonds is 2. The van der Waals surface area contributed by atoms with Crippen molar-refractivity contribution in [1.82, 2.24) is 4.98 Å². The van der Waals surface area contributed by atoms with E-state index in [1.165, 1.54) is 0 Å². The highest BCUT2D eigenvalue weighted by molar-refractivity contribution is 6.02. The van der Waals surface area contributed by atoms with Crippen molar-refractivity contribution in [2.24, 2.45) is 22.7 Å². The van der Waals surface area contributed by atoms with E-state index in [4.69, 9.17) is 10.9 Å². The number of aromatic nitrogens is 1. The van der Waals surface area contributed by atoms with Gasteiger partial charge in [-0.2, -0.15) is 0 Å². The first-order chi connectivity index (χ1) is 9.20. The molecule has 1 aromatic heterocycles. The molecule has 3 atom stereocenters. The van der Waals surface area contributed by atoms with Crippen LogP contribution < -0.4 is 10.6 Å². The van der Waals surface area contributed by atoms with Crippen LogP contribution in [0.4, 0.5) is 5.69 Å². The lowest BCUT2D eigenvalue weighted by Gasteiger charge is -2.22. The molecular weight excluding hydrogens is 244 g/mol. The summed E-state index contributed by atoms with van der Waals surface area (Å²) in [4.78, 5) is 6.30. The molecule has 102 valence electrons. The Balaban J connectivity index is 1.88. The Morgan fingerprint density at radius 3 is 3.00 bits per heavy atom. The summed E-state index contributed by atoms with van der Waals surface area (Å²) in [6, 6.07) is 1.74. The van der Waals surface area contributed by atoms with Crippen LogP contribution in [0.25, 0.3) is 0 Å². The number of pyridine rings is 1. The number of hydrogen-bond donors (Lipinski definition) is 3. The second kappa shape index (κ2) is 4.70. The summed E-state index contributed by atoms with van der Waals surface area (Å²) in [6.45, 7) is 1.71. The number of hydrogen-bond acceptors (Lipinski definition) is 5. The van der Waals surface area contributed by atoms with Crippen LogP contribution in [-0.4, -0.2) is 40.3 Å². The fourth-order valence-corrected chi connectivity index (χ4v) is 3.34. The number of oxime groups is 1. The van der Waals surface area contributed by atoms with Gasteiger partial charge < -0.3 is 20.9 Å². The van der Waals surface area contributed by atoms with Crippen LogP contribution >= 0.6 is 0 Å². The van der Waals surface area contributed by atoms with E-state index >= 15 is 0 Å². The number of aliphatic hydroxyl groups excluding tert-OH is 1. The summed E-state index contributed by atoms with van der Waals surface area (Å²) in [6.07, 6.45) is 5.15. The molecule has 2 aliphatic rings. The Morgan fingerprint density at radius 1 is 1.42 bits per heavy atom. The monoisotopic (exact) mass is 262 g/mol. The summed E-state index contributed by atoms with van der Waals surface area (Å²) in [5.74, 6) is 0.964. The van der Waals surface area contributed by atoms with Gasteiger partial charge in [-0.3, -0.25) is 4.98 Å². The maximum absolute atomic E-state index is 9.96. The molecule has 0 amide bonds. The average molecular weight is 262 g/mol. The van der Waals surface area contributed by atoms with Crippen LogP contribution in [0.15, 0.2) is 23.6 Å². The van der Waals surface area contributed by atoms with Gasteiger partial charge in [0.1, 0.15) is 0 Å². The molecule has 19 heavy (non-hydrogen) atoms. The molecule has 4 N–H and O–H groups in total. The quantitative estimate of drug-likeness (QED) is 0.310. The minimum Gasteiger partial charge on any atom is -0.409 e. The van der Waals surface area contributed by atoms with Gasteiger partial charge in [-0.15, -0.1) is 0 Å². The number of aliphatic hydroxyl groups is 1. The van der Waals surface area contributed by atoms with Crippen molar-refractivity contribution in [1.29, 1.82) is 0 Å². The van der Waals surface area contributed by atoms with E-state index in [0.717, 1.165) is 31.6 Å². The third-order valence-electron chi connectivity index (χ3n) is 4.34. The number of fused-ring (bicyclic) bond motifs is 1. The molecule has 0 aromatic carbocycles. The van der Waals surface area contributed by atoms with Gasteiger partial charge in [-0.1, -0.05) is 5.16 Å². The average Bonchev–Trinajstić information content (AvgIpc) is 3.00. The van der Waals surface area contributed by atoms with Crippen molar-refractivity contribution in [3.05, 3.63) is 24.0 Å². The zero-order chi connectivity index (χ0) is 13.4. The number of anilines is 1. The summed E-state index contributed by atoms with van der Waals surface area (Å²) in [7, 11) is 0. The molecular formula is C13H18N4O2. The van der Waals surface area contributed by atoms with E-state index in [0.29, 0.717) is 17.4 Å². The molecule has 1 aliphatic heterocycles. The molecule has 0 radical (unpaired) electrons. The smallest absolute Gasteiger partial charge is 0.172 e. The van der Waals surface area contributed by atoms with E-state index in [-0.39, 0.29) is 11.9 Å². The fraction of sp³-hybridized carbons (Fsp3) is 0.538. The van der Waals surface area contributed by atoms with Crippen molar-refractivity contribution in [2.45, 2.75) is 18.9 Å². The fourth-order valence-electron chi connectivity index (χ4n) is 3.34. The molecule has 1 aliphatic carbocycles. The van der Waals surface area contributed by atoms with E-state index in [9.17, 15) is 5.11 Å². The Morgan fingerprint density at radius 2 is 2.26 bits per heavy atom. The molecule has 1 saturated carbocycles. The van der Waals surface area contributed by atoms with Crippen LogP contribution in [0.2, 0.25) is 0 Å². The first-order valence-corrected chi connectivity index (χ1v) is 6.55. The Bertz CT molecular complexity index is 505. The lowest BCUT2D eigenvalue weighted by Crippen LogP contribution is -2.27. The summed E-state index contributed by atoms with van der Waals surface area (Å²) in [5.41, 5.74) is 7.26. The van der Waals surface area contributed by atoms with Crippen LogP contribution in [0.5, 0.6) is 0 Å². The summed E-state index contributed by atoms with van der Waals surface area (Å²) in [5, 5.41) is 21.9. The normalized spacial score (nSPS) is 30.7. The van der Waals surface area contributed by atoms with Crippen molar-refractivity contribution in [3.63, 3.8) is 0 Å². The molecule has 6 nitrogen and oxygen atoms in total. The lowest BCUT2D eigenvalue weighted by atomic mass is 10.00. The standard InChI is InChI=1S/C13H18N4O2/c14-13(16-19)9-3-4-15-5-11(9)17-6-8-1-2-12(18)10(8)7-17/h3-5,8,10,12,18-19H,1-2,6-7H2,(H2,14,16). The minimum atomic E-state index is -0.195. The topological polar surface area (TPSA) is 95.0 Å². The van der Waals surface area contributed by atoms with Gasteiger partial charge in [0.15, 0.2) is 5.84 Å². The molecule has 1 saturated heterocycles. The van der Waals surface area contributed by atoms with Crippen LogP contribution in [0.3, 0.4) is 0 Å². The second-order valence-electron chi connectivity index (χ2n) is 5.35. The molecule has 6 heteroatoms. The molecule has 2 fully saturated rings. The largest absolute Gasteiger partial charge is 0.409 e. The van der Waals surface area contributed by atoms with E-state index in [2.05, 4.69) is 15.0 Å². The first kappa shape index (κ1) is 12.2. The van der Waals surface area contributed by atoms with Gasteiger partial charge in [0, 0.05) is 30.8 Å². The third kappa shape index (κ3) is 2.02. The van der Waals surface area contributed by atoms with Crippen molar-refractivity contribution in [2.75, 3.05) is 18.0 Å². The molecule has 3 unspecified atom stereocenters. The van der Waals surface area contributed by atoms with Gasteiger partial charge in [0.25, 0.3) is 0 Å². The zero-order valence-electron chi connectivity index (χ0n) is 10.6. The zero-order valence-corrected chi connectivity index (χ0v) is 10.6.